The van der Waals surface area contributed by atoms with E-state index in [1.165, 1.54) is 16.6 Å². The minimum atomic E-state index is -3.36. The first kappa shape index (κ1) is 21.4. The second-order valence-electron chi connectivity index (χ2n) is 7.88. The van der Waals surface area contributed by atoms with Crippen LogP contribution in [0, 0.1) is 5.82 Å². The average molecular weight is 452 g/mol. The first-order valence-electron chi connectivity index (χ1n) is 10.1. The largest absolute Gasteiger partial charge is 0.339 e. The van der Waals surface area contributed by atoms with Crippen molar-refractivity contribution in [1.82, 2.24) is 14.1 Å². The van der Waals surface area contributed by atoms with Crippen LogP contribution in [-0.2, 0) is 21.4 Å². The van der Waals surface area contributed by atoms with Crippen LogP contribution in [0.1, 0.15) is 17.7 Å². The van der Waals surface area contributed by atoms with Gasteiger partial charge in [0.25, 0.3) is 0 Å². The monoisotopic (exact) mass is 451 g/mol. The van der Waals surface area contributed by atoms with E-state index >= 15 is 0 Å². The lowest BCUT2D eigenvalue weighted by atomic mass is 10.2. The number of piperazine rings is 1. The highest BCUT2D eigenvalue weighted by molar-refractivity contribution is 7.88. The van der Waals surface area contributed by atoms with Gasteiger partial charge in [0.15, 0.2) is 0 Å². The molecule has 0 N–H and O–H groups in total. The maximum atomic E-state index is 14.0. The molecule has 2 aliphatic rings. The van der Waals surface area contributed by atoms with E-state index in [9.17, 15) is 17.6 Å². The number of carbonyl (C=O) groups is 1. The van der Waals surface area contributed by atoms with Gasteiger partial charge in [0.2, 0.25) is 15.9 Å². The van der Waals surface area contributed by atoms with Crippen LogP contribution in [0.3, 0.4) is 0 Å². The minimum Gasteiger partial charge on any atom is -0.339 e. The molecule has 30 heavy (non-hydrogen) atoms. The molecule has 1 atom stereocenters. The highest BCUT2D eigenvalue weighted by atomic mass is 32.2. The van der Waals surface area contributed by atoms with Crippen LogP contribution in [0.15, 0.2) is 36.4 Å². The van der Waals surface area contributed by atoms with Crippen molar-refractivity contribution in [2.45, 2.75) is 25.4 Å². The van der Waals surface area contributed by atoms with Crippen molar-refractivity contribution >= 4 is 27.3 Å². The van der Waals surface area contributed by atoms with Gasteiger partial charge in [-0.1, -0.05) is 18.2 Å². The summed E-state index contributed by atoms with van der Waals surface area (Å²) in [6, 6.07) is 10.2. The average Bonchev–Trinajstić information content (AvgIpc) is 3.38. The fourth-order valence-electron chi connectivity index (χ4n) is 4.21. The maximum Gasteiger partial charge on any atom is 0.241 e. The number of amides is 1. The van der Waals surface area contributed by atoms with Crippen LogP contribution < -0.4 is 0 Å². The SMILES string of the molecule is CS(=O)(=O)N1CCCC1C(=O)N1CCN(Cc2ccc(-c3ccccc3F)s2)CC1. The standard InChI is InChI=1S/C21H26FN3O3S2/c1-30(27,28)25-10-4-7-19(25)21(26)24-13-11-23(12-14-24)15-16-8-9-20(29-16)17-5-2-3-6-18(17)22/h2-3,5-6,8-9,19H,4,7,10-15H2,1H3. The summed E-state index contributed by atoms with van der Waals surface area (Å²) in [5, 5.41) is 0. The zero-order valence-corrected chi connectivity index (χ0v) is 18.6. The molecule has 1 amide bonds. The quantitative estimate of drug-likeness (QED) is 0.701. The second kappa shape index (κ2) is 8.74. The van der Waals surface area contributed by atoms with E-state index in [4.69, 9.17) is 0 Å². The maximum absolute atomic E-state index is 14.0. The molecule has 0 radical (unpaired) electrons. The number of hydrogen-bond acceptors (Lipinski definition) is 5. The lowest BCUT2D eigenvalue weighted by Crippen LogP contribution is -2.54. The molecular weight excluding hydrogens is 425 g/mol. The smallest absolute Gasteiger partial charge is 0.241 e. The second-order valence-corrected chi connectivity index (χ2v) is 11.0. The predicted molar refractivity (Wildman–Crippen MR) is 116 cm³/mol. The van der Waals surface area contributed by atoms with Gasteiger partial charge in [0.05, 0.1) is 6.26 Å². The molecule has 0 saturated carbocycles. The summed E-state index contributed by atoms with van der Waals surface area (Å²) in [5.74, 6) is -0.288. The van der Waals surface area contributed by atoms with E-state index in [2.05, 4.69) is 4.90 Å². The van der Waals surface area contributed by atoms with E-state index in [1.54, 1.807) is 28.4 Å². The first-order valence-corrected chi connectivity index (χ1v) is 12.8. The molecule has 162 valence electrons. The summed E-state index contributed by atoms with van der Waals surface area (Å²) in [5.41, 5.74) is 0.621. The Labute approximate surface area is 180 Å². The number of hydrogen-bond donors (Lipinski definition) is 0. The van der Waals surface area contributed by atoms with Crippen LogP contribution in [0.2, 0.25) is 0 Å². The Bertz CT molecular complexity index is 1020. The lowest BCUT2D eigenvalue weighted by molar-refractivity contribution is -0.136. The van der Waals surface area contributed by atoms with Crippen molar-refractivity contribution in [3.63, 3.8) is 0 Å². The van der Waals surface area contributed by atoms with Gasteiger partial charge < -0.3 is 4.90 Å². The van der Waals surface area contributed by atoms with Crippen molar-refractivity contribution in [3.8, 4) is 10.4 Å². The summed E-state index contributed by atoms with van der Waals surface area (Å²) in [4.78, 5) is 19.0. The number of halogens is 1. The van der Waals surface area contributed by atoms with Gasteiger partial charge >= 0.3 is 0 Å². The highest BCUT2D eigenvalue weighted by Gasteiger charge is 2.39. The Kier molecular flexibility index (Phi) is 6.24. The van der Waals surface area contributed by atoms with Gasteiger partial charge in [-0.3, -0.25) is 9.69 Å². The number of thiophene rings is 1. The molecule has 2 saturated heterocycles. The Morgan fingerprint density at radius 1 is 1.10 bits per heavy atom. The fraction of sp³-hybridized carbons (Fsp3) is 0.476. The highest BCUT2D eigenvalue weighted by Crippen LogP contribution is 2.31. The molecule has 9 heteroatoms. The molecule has 1 aromatic carbocycles. The normalized spacial score (nSPS) is 21.3. The van der Waals surface area contributed by atoms with E-state index in [0.717, 1.165) is 35.8 Å². The van der Waals surface area contributed by atoms with Gasteiger partial charge in [0, 0.05) is 54.6 Å². The van der Waals surface area contributed by atoms with Crippen LogP contribution in [0.5, 0.6) is 0 Å². The summed E-state index contributed by atoms with van der Waals surface area (Å²) in [7, 11) is -3.36. The summed E-state index contributed by atoms with van der Waals surface area (Å²) in [6.07, 6.45) is 2.50. The van der Waals surface area contributed by atoms with Crippen molar-refractivity contribution in [2.75, 3.05) is 39.0 Å². The van der Waals surface area contributed by atoms with Gasteiger partial charge in [-0.25, -0.2) is 12.8 Å². The third kappa shape index (κ3) is 4.59. The van der Waals surface area contributed by atoms with Gasteiger partial charge in [0.1, 0.15) is 11.9 Å². The Hall–Kier alpha value is -1.81. The molecule has 0 spiro atoms. The summed E-state index contributed by atoms with van der Waals surface area (Å²) >= 11 is 1.59. The Morgan fingerprint density at radius 3 is 2.53 bits per heavy atom. The molecule has 2 aliphatic heterocycles. The van der Waals surface area contributed by atoms with E-state index in [0.29, 0.717) is 31.6 Å². The fourth-order valence-corrected chi connectivity index (χ4v) is 6.41. The molecule has 4 rings (SSSR count). The number of carbonyl (C=O) groups excluding carboxylic acids is 1. The minimum absolute atomic E-state index is 0.0736. The number of benzene rings is 1. The predicted octanol–water partition coefficient (Wildman–Crippen LogP) is 2.62. The van der Waals surface area contributed by atoms with Crippen LogP contribution in [0.25, 0.3) is 10.4 Å². The molecular formula is C21H26FN3O3S2. The molecule has 6 nitrogen and oxygen atoms in total. The van der Waals surface area contributed by atoms with Gasteiger partial charge in [-0.2, -0.15) is 4.31 Å². The van der Waals surface area contributed by atoms with Gasteiger partial charge in [-0.15, -0.1) is 11.3 Å². The van der Waals surface area contributed by atoms with Crippen molar-refractivity contribution in [1.29, 1.82) is 0 Å². The molecule has 1 aromatic heterocycles. The van der Waals surface area contributed by atoms with Crippen LogP contribution >= 0.6 is 11.3 Å². The van der Waals surface area contributed by atoms with Crippen molar-refractivity contribution in [3.05, 3.63) is 47.1 Å². The molecule has 2 fully saturated rings. The molecule has 0 bridgehead atoms. The van der Waals surface area contributed by atoms with Crippen LogP contribution in [0.4, 0.5) is 4.39 Å². The lowest BCUT2D eigenvalue weighted by Gasteiger charge is -2.36. The molecule has 2 aromatic rings. The first-order chi connectivity index (χ1) is 14.3. The number of nitrogens with zero attached hydrogens (tertiary/aromatic N) is 3. The Morgan fingerprint density at radius 2 is 1.83 bits per heavy atom. The van der Waals surface area contributed by atoms with Crippen LogP contribution in [-0.4, -0.2) is 73.5 Å². The molecule has 1 unspecified atom stereocenters. The number of sulfonamides is 1. The zero-order valence-electron chi connectivity index (χ0n) is 17.0. The topological polar surface area (TPSA) is 60.9 Å². The zero-order chi connectivity index (χ0) is 21.3. The van der Waals surface area contributed by atoms with E-state index in [1.807, 2.05) is 18.2 Å². The summed E-state index contributed by atoms with van der Waals surface area (Å²) in [6.45, 7) is 3.86. The third-order valence-corrected chi connectivity index (χ3v) is 8.17. The van der Waals surface area contributed by atoms with Crippen molar-refractivity contribution < 1.29 is 17.6 Å². The third-order valence-electron chi connectivity index (χ3n) is 5.78. The molecule has 0 aliphatic carbocycles. The van der Waals surface area contributed by atoms with Gasteiger partial charge in [-0.05, 0) is 31.0 Å². The number of rotatable bonds is 5. The Balaban J connectivity index is 1.33. The summed E-state index contributed by atoms with van der Waals surface area (Å²) < 4.78 is 39.2. The van der Waals surface area contributed by atoms with E-state index in [-0.39, 0.29) is 11.7 Å². The van der Waals surface area contributed by atoms with E-state index < -0.39 is 16.1 Å². The van der Waals surface area contributed by atoms with Crippen molar-refractivity contribution in [2.24, 2.45) is 0 Å². The molecule has 3 heterocycles.